The minimum absolute atomic E-state index is 0.486. The van der Waals surface area contributed by atoms with Gasteiger partial charge in [-0.25, -0.2) is 0 Å². The lowest BCUT2D eigenvalue weighted by Crippen LogP contribution is -2.07. The van der Waals surface area contributed by atoms with Gasteiger partial charge in [0.2, 0.25) is 6.41 Å². The molecule has 2 rings (SSSR count). The van der Waals surface area contributed by atoms with Crippen LogP contribution in [-0.2, 0) is 17.1 Å². The number of nitrogens with two attached hydrogens (primary N) is 1. The summed E-state index contributed by atoms with van der Waals surface area (Å²) in [5, 5.41) is 3.14. The van der Waals surface area contributed by atoms with Crippen molar-refractivity contribution in [2.45, 2.75) is 12.3 Å². The Morgan fingerprint density at radius 3 is 2.95 bits per heavy atom. The van der Waals surface area contributed by atoms with Crippen molar-refractivity contribution in [1.82, 2.24) is 4.98 Å². The van der Waals surface area contributed by atoms with E-state index in [1.807, 2.05) is 42.6 Å². The molecular weight excluding hydrogens is 284 g/mol. The fraction of sp³-hybridized carbons (Fsp3) is 0.133. The van der Waals surface area contributed by atoms with E-state index in [1.54, 1.807) is 6.20 Å². The Morgan fingerprint density at radius 2 is 2.19 bits per heavy atom. The van der Waals surface area contributed by atoms with Gasteiger partial charge in [-0.2, -0.15) is 0 Å². The van der Waals surface area contributed by atoms with Gasteiger partial charge in [-0.15, -0.1) is 0 Å². The molecule has 0 atom stereocenters. The summed E-state index contributed by atoms with van der Waals surface area (Å²) in [6, 6.07) is 11.4. The summed E-state index contributed by atoms with van der Waals surface area (Å²) in [5.74, 6) is 0.746. The zero-order chi connectivity index (χ0) is 14.9. The predicted molar refractivity (Wildman–Crippen MR) is 87.0 cm³/mol. The second-order valence-corrected chi connectivity index (χ2v) is 5.26. The molecule has 1 heterocycles. The van der Waals surface area contributed by atoms with Crippen LogP contribution in [0.4, 0.5) is 5.69 Å². The Labute approximate surface area is 127 Å². The van der Waals surface area contributed by atoms with Crippen molar-refractivity contribution in [2.75, 3.05) is 5.32 Å². The smallest absolute Gasteiger partial charge is 0.211 e. The first-order valence-corrected chi connectivity index (χ1v) is 7.37. The number of hydrogen-bond donors (Lipinski definition) is 2. The van der Waals surface area contributed by atoms with Gasteiger partial charge in [0, 0.05) is 23.8 Å². The summed E-state index contributed by atoms with van der Waals surface area (Å²) >= 11 is 1.48. The van der Waals surface area contributed by atoms with Gasteiger partial charge in [0.15, 0.2) is 5.17 Å². The van der Waals surface area contributed by atoms with Crippen LogP contribution in [0.25, 0.3) is 0 Å². The summed E-state index contributed by atoms with van der Waals surface area (Å²) in [4.78, 5) is 18.8. The van der Waals surface area contributed by atoms with Crippen LogP contribution in [0.2, 0.25) is 0 Å². The number of aliphatic imine (C=N–C) groups is 1. The summed E-state index contributed by atoms with van der Waals surface area (Å²) in [7, 11) is 0. The van der Waals surface area contributed by atoms with E-state index in [0.29, 0.717) is 18.1 Å². The van der Waals surface area contributed by atoms with Gasteiger partial charge in [0.1, 0.15) is 0 Å². The van der Waals surface area contributed by atoms with E-state index >= 15 is 0 Å². The number of carbonyl (C=O) groups is 1. The molecule has 0 saturated heterocycles. The minimum Gasteiger partial charge on any atom is -0.379 e. The van der Waals surface area contributed by atoms with Crippen LogP contribution in [-0.4, -0.2) is 16.6 Å². The zero-order valence-corrected chi connectivity index (χ0v) is 12.2. The van der Waals surface area contributed by atoms with Crippen molar-refractivity contribution in [2.24, 2.45) is 10.7 Å². The number of benzene rings is 1. The third-order valence-electron chi connectivity index (χ3n) is 2.68. The molecule has 6 heteroatoms. The van der Waals surface area contributed by atoms with E-state index in [2.05, 4.69) is 15.3 Å². The number of amides is 1. The van der Waals surface area contributed by atoms with Gasteiger partial charge < -0.3 is 11.1 Å². The lowest BCUT2D eigenvalue weighted by atomic mass is 10.2. The van der Waals surface area contributed by atoms with Crippen molar-refractivity contribution in [3.63, 3.8) is 0 Å². The summed E-state index contributed by atoms with van der Waals surface area (Å²) in [6.45, 7) is 0.486. The van der Waals surface area contributed by atoms with Crippen LogP contribution in [0.3, 0.4) is 0 Å². The maximum absolute atomic E-state index is 10.4. The number of aromatic nitrogens is 1. The number of anilines is 1. The molecule has 0 spiro atoms. The highest BCUT2D eigenvalue weighted by Gasteiger charge is 1.98. The summed E-state index contributed by atoms with van der Waals surface area (Å²) in [5.41, 5.74) is 8.74. The quantitative estimate of drug-likeness (QED) is 0.487. The zero-order valence-electron chi connectivity index (χ0n) is 11.4. The number of nitrogens with zero attached hydrogens (tertiary/aromatic N) is 2. The molecule has 108 valence electrons. The van der Waals surface area contributed by atoms with Crippen LogP contribution >= 0.6 is 11.8 Å². The van der Waals surface area contributed by atoms with Crippen molar-refractivity contribution < 1.29 is 4.79 Å². The molecule has 21 heavy (non-hydrogen) atoms. The molecule has 2 aromatic rings. The molecule has 1 amide bonds. The number of pyridine rings is 1. The van der Waals surface area contributed by atoms with Crippen LogP contribution in [0.15, 0.2) is 53.8 Å². The summed E-state index contributed by atoms with van der Waals surface area (Å²) < 4.78 is 0. The Balaban J connectivity index is 1.88. The lowest BCUT2D eigenvalue weighted by molar-refractivity contribution is -0.105. The molecule has 3 N–H and O–H groups in total. The first-order chi connectivity index (χ1) is 10.3. The first kappa shape index (κ1) is 15.1. The van der Waals surface area contributed by atoms with Gasteiger partial charge in [0.25, 0.3) is 0 Å². The maximum Gasteiger partial charge on any atom is 0.211 e. The number of amidine groups is 1. The average Bonchev–Trinajstić information content (AvgIpc) is 2.53. The molecule has 0 bridgehead atoms. The molecule has 0 aliphatic rings. The van der Waals surface area contributed by atoms with Crippen LogP contribution in [0.1, 0.15) is 11.1 Å². The Bertz CT molecular complexity index is 616. The van der Waals surface area contributed by atoms with Gasteiger partial charge in [-0.05, 0) is 29.3 Å². The summed E-state index contributed by atoms with van der Waals surface area (Å²) in [6.07, 6.45) is 4.21. The van der Waals surface area contributed by atoms with E-state index < -0.39 is 0 Å². The minimum atomic E-state index is 0.486. The highest BCUT2D eigenvalue weighted by atomic mass is 32.2. The molecule has 1 aromatic carbocycles. The van der Waals surface area contributed by atoms with Gasteiger partial charge >= 0.3 is 0 Å². The third kappa shape index (κ3) is 5.27. The molecule has 0 aliphatic heterocycles. The van der Waals surface area contributed by atoms with E-state index in [9.17, 15) is 4.79 Å². The number of hydrogen-bond acceptors (Lipinski definition) is 4. The van der Waals surface area contributed by atoms with E-state index in [0.717, 1.165) is 22.6 Å². The number of nitrogens with one attached hydrogen (secondary N) is 1. The second-order valence-electron chi connectivity index (χ2n) is 4.27. The fourth-order valence-corrected chi connectivity index (χ4v) is 2.32. The predicted octanol–water partition coefficient (Wildman–Crippen LogP) is 2.40. The molecule has 0 fully saturated rings. The highest BCUT2D eigenvalue weighted by molar-refractivity contribution is 8.13. The van der Waals surface area contributed by atoms with Gasteiger partial charge in [-0.3, -0.25) is 14.8 Å². The monoisotopic (exact) mass is 300 g/mol. The Kier molecular flexibility index (Phi) is 5.78. The molecule has 1 aromatic heterocycles. The van der Waals surface area contributed by atoms with Crippen molar-refractivity contribution in [3.05, 3.63) is 59.9 Å². The second kappa shape index (κ2) is 8.06. The molecular formula is C15H16N4OS. The maximum atomic E-state index is 10.4. The van der Waals surface area contributed by atoms with Crippen molar-refractivity contribution >= 4 is 29.0 Å². The molecule has 0 aliphatic carbocycles. The van der Waals surface area contributed by atoms with Crippen molar-refractivity contribution in [1.29, 1.82) is 0 Å². The number of carbonyl (C=O) groups excluding carboxylic acids is 1. The van der Waals surface area contributed by atoms with E-state index in [4.69, 9.17) is 5.73 Å². The van der Waals surface area contributed by atoms with E-state index in [1.165, 1.54) is 11.8 Å². The molecule has 0 saturated carbocycles. The molecule has 0 radical (unpaired) electrons. The normalized spacial score (nSPS) is 11.1. The van der Waals surface area contributed by atoms with Gasteiger partial charge in [0.05, 0.1) is 6.54 Å². The molecule has 0 unspecified atom stereocenters. The van der Waals surface area contributed by atoms with E-state index in [-0.39, 0.29) is 0 Å². The Morgan fingerprint density at radius 1 is 1.33 bits per heavy atom. The van der Waals surface area contributed by atoms with Crippen molar-refractivity contribution in [3.8, 4) is 0 Å². The third-order valence-corrected chi connectivity index (χ3v) is 3.58. The number of thioether (sulfide) groups is 1. The SMILES string of the molecule is NC(=NCc1cccc(NC=O)c1)SCc1cccnc1. The van der Waals surface area contributed by atoms with Crippen LogP contribution < -0.4 is 11.1 Å². The fourth-order valence-electron chi connectivity index (χ4n) is 1.68. The first-order valence-electron chi connectivity index (χ1n) is 6.38. The standard InChI is InChI=1S/C15H16N4OS/c16-15(21-10-13-4-2-6-17-8-13)18-9-12-3-1-5-14(7-12)19-11-20/h1-8,11H,9-10H2,(H2,16,18)(H,19,20). The average molecular weight is 300 g/mol. The molecule has 5 nitrogen and oxygen atoms in total. The van der Waals surface area contributed by atoms with Gasteiger partial charge in [-0.1, -0.05) is 30.0 Å². The topological polar surface area (TPSA) is 80.4 Å². The Hall–Kier alpha value is -2.34. The van der Waals surface area contributed by atoms with Crippen LogP contribution in [0.5, 0.6) is 0 Å². The largest absolute Gasteiger partial charge is 0.379 e. The van der Waals surface area contributed by atoms with Crippen LogP contribution in [0, 0.1) is 0 Å². The highest BCUT2D eigenvalue weighted by Crippen LogP contribution is 2.13. The lowest BCUT2D eigenvalue weighted by Gasteiger charge is -2.03. The number of rotatable bonds is 6.